The summed E-state index contributed by atoms with van der Waals surface area (Å²) in [5.74, 6) is -0.558. The number of nitrogen functional groups attached to an aromatic ring is 1. The molecule has 20 heavy (non-hydrogen) atoms. The van der Waals surface area contributed by atoms with Crippen LogP contribution in [0.3, 0.4) is 0 Å². The molecule has 7 heteroatoms. The first-order valence-electron chi connectivity index (χ1n) is 6.23. The second kappa shape index (κ2) is 5.80. The standard InChI is InChI=1S/C13H21N3O3S/c1-7-5-11(14)10(4)13(9(7)3)20(18,19)16-8(2)6-12(15)17/h5,8,16H,6,14H2,1-4H3,(H2,15,17). The van der Waals surface area contributed by atoms with E-state index in [-0.39, 0.29) is 11.3 Å². The Balaban J connectivity index is 3.26. The molecule has 0 fully saturated rings. The average Bonchev–Trinajstić information content (AvgIpc) is 2.24. The molecule has 0 saturated heterocycles. The van der Waals surface area contributed by atoms with Gasteiger partial charge in [0.05, 0.1) is 4.90 Å². The van der Waals surface area contributed by atoms with Gasteiger partial charge in [0.2, 0.25) is 15.9 Å². The molecule has 112 valence electrons. The van der Waals surface area contributed by atoms with Gasteiger partial charge in [0, 0.05) is 18.2 Å². The van der Waals surface area contributed by atoms with Gasteiger partial charge in [-0.05, 0) is 50.5 Å². The van der Waals surface area contributed by atoms with Crippen LogP contribution in [0.15, 0.2) is 11.0 Å². The molecule has 0 heterocycles. The summed E-state index contributed by atoms with van der Waals surface area (Å²) in [4.78, 5) is 11.0. The first-order valence-corrected chi connectivity index (χ1v) is 7.71. The molecule has 1 amide bonds. The van der Waals surface area contributed by atoms with Gasteiger partial charge in [0.1, 0.15) is 0 Å². The van der Waals surface area contributed by atoms with Crippen molar-refractivity contribution in [1.29, 1.82) is 0 Å². The number of primary amides is 1. The van der Waals surface area contributed by atoms with Gasteiger partial charge in [-0.3, -0.25) is 4.79 Å². The molecule has 1 aromatic rings. The fourth-order valence-corrected chi connectivity index (χ4v) is 3.93. The van der Waals surface area contributed by atoms with Gasteiger partial charge >= 0.3 is 0 Å². The molecule has 1 aromatic carbocycles. The molecule has 0 radical (unpaired) electrons. The highest BCUT2D eigenvalue weighted by molar-refractivity contribution is 7.89. The van der Waals surface area contributed by atoms with Gasteiger partial charge in [-0.25, -0.2) is 13.1 Å². The van der Waals surface area contributed by atoms with E-state index < -0.39 is 22.0 Å². The minimum atomic E-state index is -3.75. The Morgan fingerprint density at radius 2 is 1.85 bits per heavy atom. The van der Waals surface area contributed by atoms with Crippen molar-refractivity contribution in [1.82, 2.24) is 4.72 Å². The molecule has 0 aliphatic carbocycles. The maximum absolute atomic E-state index is 12.5. The molecule has 1 atom stereocenters. The smallest absolute Gasteiger partial charge is 0.241 e. The summed E-state index contributed by atoms with van der Waals surface area (Å²) in [5, 5.41) is 0. The van der Waals surface area contributed by atoms with Gasteiger partial charge < -0.3 is 11.5 Å². The molecular formula is C13H21N3O3S. The van der Waals surface area contributed by atoms with E-state index in [2.05, 4.69) is 4.72 Å². The van der Waals surface area contributed by atoms with Crippen LogP contribution >= 0.6 is 0 Å². The van der Waals surface area contributed by atoms with Crippen molar-refractivity contribution in [2.45, 2.75) is 45.1 Å². The predicted octanol–water partition coefficient (Wildman–Crippen LogP) is 0.736. The maximum Gasteiger partial charge on any atom is 0.241 e. The number of hydrogen-bond donors (Lipinski definition) is 3. The van der Waals surface area contributed by atoms with Crippen LogP contribution in [0.4, 0.5) is 5.69 Å². The Kier molecular flexibility index (Phi) is 4.77. The topological polar surface area (TPSA) is 115 Å². The number of nitrogens with two attached hydrogens (primary N) is 2. The number of aryl methyl sites for hydroxylation is 1. The minimum Gasteiger partial charge on any atom is -0.398 e. The molecule has 1 unspecified atom stereocenters. The number of nitrogens with one attached hydrogen (secondary N) is 1. The zero-order valence-electron chi connectivity index (χ0n) is 12.1. The van der Waals surface area contributed by atoms with Crippen LogP contribution in [0.2, 0.25) is 0 Å². The lowest BCUT2D eigenvalue weighted by molar-refractivity contribution is -0.118. The summed E-state index contributed by atoms with van der Waals surface area (Å²) in [5.41, 5.74) is 13.3. The molecule has 0 aliphatic rings. The number of rotatable bonds is 5. The summed E-state index contributed by atoms with van der Waals surface area (Å²) in [6.07, 6.45) is -0.0569. The van der Waals surface area contributed by atoms with Crippen molar-refractivity contribution in [2.24, 2.45) is 5.73 Å². The van der Waals surface area contributed by atoms with Gasteiger partial charge in [-0.1, -0.05) is 0 Å². The summed E-state index contributed by atoms with van der Waals surface area (Å²) in [6.45, 7) is 6.79. The van der Waals surface area contributed by atoms with Crippen molar-refractivity contribution in [2.75, 3.05) is 5.73 Å². The number of amides is 1. The second-order valence-corrected chi connectivity index (χ2v) is 6.71. The minimum absolute atomic E-state index is 0.0569. The van der Waals surface area contributed by atoms with E-state index in [0.717, 1.165) is 5.56 Å². The Bertz CT molecular complexity index is 613. The number of benzene rings is 1. The molecule has 5 N–H and O–H groups in total. The first-order chi connectivity index (χ1) is 9.06. The molecule has 1 rings (SSSR count). The normalized spacial score (nSPS) is 13.2. The van der Waals surface area contributed by atoms with Crippen LogP contribution in [0.5, 0.6) is 0 Å². The van der Waals surface area contributed by atoms with Crippen molar-refractivity contribution >= 4 is 21.6 Å². The Hall–Kier alpha value is -1.60. The summed E-state index contributed by atoms with van der Waals surface area (Å²) in [7, 11) is -3.75. The molecule has 0 aliphatic heterocycles. The van der Waals surface area contributed by atoms with Crippen LogP contribution in [0, 0.1) is 20.8 Å². The van der Waals surface area contributed by atoms with Gasteiger partial charge in [0.25, 0.3) is 0 Å². The van der Waals surface area contributed by atoms with Crippen molar-refractivity contribution in [3.05, 3.63) is 22.8 Å². The Morgan fingerprint density at radius 1 is 1.30 bits per heavy atom. The maximum atomic E-state index is 12.5. The van der Waals surface area contributed by atoms with E-state index in [4.69, 9.17) is 11.5 Å². The van der Waals surface area contributed by atoms with E-state index in [1.807, 2.05) is 0 Å². The lowest BCUT2D eigenvalue weighted by Crippen LogP contribution is -2.36. The number of sulfonamides is 1. The number of anilines is 1. The SMILES string of the molecule is Cc1cc(N)c(C)c(S(=O)(=O)NC(C)CC(N)=O)c1C. The first kappa shape index (κ1) is 16.5. The van der Waals surface area contributed by atoms with Gasteiger partial charge in [-0.15, -0.1) is 0 Å². The van der Waals surface area contributed by atoms with Crippen LogP contribution in [-0.2, 0) is 14.8 Å². The highest BCUT2D eigenvalue weighted by Gasteiger charge is 2.24. The third kappa shape index (κ3) is 3.49. The van der Waals surface area contributed by atoms with E-state index in [9.17, 15) is 13.2 Å². The molecule has 0 bridgehead atoms. The second-order valence-electron chi connectivity index (χ2n) is 5.05. The summed E-state index contributed by atoms with van der Waals surface area (Å²) < 4.78 is 27.4. The number of carbonyl (C=O) groups excluding carboxylic acids is 1. The van der Waals surface area contributed by atoms with E-state index in [0.29, 0.717) is 16.8 Å². The lowest BCUT2D eigenvalue weighted by Gasteiger charge is -2.18. The summed E-state index contributed by atoms with van der Waals surface area (Å²) in [6, 6.07) is 1.18. The average molecular weight is 299 g/mol. The zero-order chi connectivity index (χ0) is 15.7. The third-order valence-corrected chi connectivity index (χ3v) is 5.07. The molecule has 0 aromatic heterocycles. The third-order valence-electron chi connectivity index (χ3n) is 3.21. The molecular weight excluding hydrogens is 278 g/mol. The van der Waals surface area contributed by atoms with Crippen LogP contribution in [-0.4, -0.2) is 20.4 Å². The zero-order valence-corrected chi connectivity index (χ0v) is 13.0. The fraction of sp³-hybridized carbons (Fsp3) is 0.462. The van der Waals surface area contributed by atoms with E-state index in [1.165, 1.54) is 0 Å². The molecule has 0 spiro atoms. The number of carbonyl (C=O) groups is 1. The Morgan fingerprint density at radius 3 is 2.35 bits per heavy atom. The van der Waals surface area contributed by atoms with Crippen molar-refractivity contribution in [3.63, 3.8) is 0 Å². The molecule has 6 nitrogen and oxygen atoms in total. The van der Waals surface area contributed by atoms with Crippen LogP contribution in [0.25, 0.3) is 0 Å². The lowest BCUT2D eigenvalue weighted by atomic mass is 10.1. The van der Waals surface area contributed by atoms with Crippen molar-refractivity contribution < 1.29 is 13.2 Å². The van der Waals surface area contributed by atoms with Crippen LogP contribution < -0.4 is 16.2 Å². The fourth-order valence-electron chi connectivity index (χ4n) is 2.11. The number of hydrogen-bond acceptors (Lipinski definition) is 4. The highest BCUT2D eigenvalue weighted by atomic mass is 32.2. The Labute approximate surface area is 119 Å². The largest absolute Gasteiger partial charge is 0.398 e. The highest BCUT2D eigenvalue weighted by Crippen LogP contribution is 2.27. The quantitative estimate of drug-likeness (QED) is 0.695. The van der Waals surface area contributed by atoms with E-state index in [1.54, 1.807) is 33.8 Å². The van der Waals surface area contributed by atoms with Crippen LogP contribution in [0.1, 0.15) is 30.0 Å². The summed E-state index contributed by atoms with van der Waals surface area (Å²) >= 11 is 0. The van der Waals surface area contributed by atoms with Crippen molar-refractivity contribution in [3.8, 4) is 0 Å². The van der Waals surface area contributed by atoms with Gasteiger partial charge in [0.15, 0.2) is 0 Å². The van der Waals surface area contributed by atoms with E-state index >= 15 is 0 Å². The monoisotopic (exact) mass is 299 g/mol. The van der Waals surface area contributed by atoms with Gasteiger partial charge in [-0.2, -0.15) is 0 Å². The molecule has 0 saturated carbocycles. The predicted molar refractivity (Wildman–Crippen MR) is 78.7 cm³/mol.